The fourth-order valence-electron chi connectivity index (χ4n) is 4.22. The van der Waals surface area contributed by atoms with Crippen molar-refractivity contribution < 1.29 is 9.53 Å². The molecule has 156 valence electrons. The normalized spacial score (nSPS) is 16.9. The zero-order valence-electron chi connectivity index (χ0n) is 17.0. The number of fused-ring (bicyclic) bond motifs is 1. The van der Waals surface area contributed by atoms with Gasteiger partial charge in [-0.1, -0.05) is 12.1 Å². The third kappa shape index (κ3) is 3.05. The molecule has 0 unspecified atom stereocenters. The Labute approximate surface area is 178 Å². The maximum atomic E-state index is 12.7. The lowest BCUT2D eigenvalue weighted by Crippen LogP contribution is -2.66. The summed E-state index contributed by atoms with van der Waals surface area (Å²) in [5.74, 6) is 1.80. The highest BCUT2D eigenvalue weighted by Gasteiger charge is 2.49. The number of aromatic nitrogens is 5. The average Bonchev–Trinajstić information content (AvgIpc) is 3.29. The number of nitrogens with one attached hydrogen (secondary N) is 2. The van der Waals surface area contributed by atoms with Gasteiger partial charge in [-0.05, 0) is 24.3 Å². The highest BCUT2D eigenvalue weighted by atomic mass is 16.5. The monoisotopic (exact) mass is 415 g/mol. The highest BCUT2D eigenvalue weighted by Crippen LogP contribution is 2.39. The molecule has 0 bridgehead atoms. The molecule has 4 aromatic rings. The molecule has 2 aliphatic heterocycles. The number of imidazole rings is 1. The van der Waals surface area contributed by atoms with Crippen LogP contribution in [0.2, 0.25) is 0 Å². The molecule has 2 aliphatic rings. The first-order chi connectivity index (χ1) is 15.1. The van der Waals surface area contributed by atoms with Crippen molar-refractivity contribution in [2.75, 3.05) is 36.5 Å². The van der Waals surface area contributed by atoms with E-state index in [9.17, 15) is 4.79 Å². The number of rotatable bonds is 4. The molecule has 0 saturated carbocycles. The van der Waals surface area contributed by atoms with Gasteiger partial charge in [-0.2, -0.15) is 5.10 Å². The van der Waals surface area contributed by atoms with Gasteiger partial charge in [0.1, 0.15) is 11.5 Å². The zero-order chi connectivity index (χ0) is 21.0. The Morgan fingerprint density at radius 3 is 2.74 bits per heavy atom. The third-order valence-corrected chi connectivity index (χ3v) is 5.96. The Hall–Kier alpha value is -3.72. The topological polar surface area (TPSA) is 101 Å². The largest absolute Gasteiger partial charge is 0.380 e. The van der Waals surface area contributed by atoms with Crippen LogP contribution in [0.15, 0.2) is 48.7 Å². The molecule has 2 saturated heterocycles. The molecule has 3 aromatic heterocycles. The van der Waals surface area contributed by atoms with Gasteiger partial charge in [-0.3, -0.25) is 9.48 Å². The lowest BCUT2D eigenvalue weighted by Gasteiger charge is -2.55. The molecule has 6 rings (SSSR count). The van der Waals surface area contributed by atoms with Gasteiger partial charge in [0.05, 0.1) is 35.2 Å². The first-order valence-electron chi connectivity index (χ1n) is 10.2. The van der Waals surface area contributed by atoms with Crippen LogP contribution < -0.4 is 10.2 Å². The number of anilines is 2. The van der Waals surface area contributed by atoms with Crippen molar-refractivity contribution in [2.45, 2.75) is 0 Å². The number of H-pyrrole nitrogens is 1. The van der Waals surface area contributed by atoms with Crippen LogP contribution in [0, 0.1) is 5.41 Å². The molecule has 1 spiro atoms. The number of ether oxygens (including phenoxy) is 1. The molecule has 9 nitrogen and oxygen atoms in total. The smallest absolute Gasteiger partial charge is 0.258 e. The maximum absolute atomic E-state index is 12.7. The molecule has 2 fully saturated rings. The summed E-state index contributed by atoms with van der Waals surface area (Å²) in [6.07, 6.45) is 1.61. The highest BCUT2D eigenvalue weighted by molar-refractivity contribution is 6.03. The summed E-state index contributed by atoms with van der Waals surface area (Å²) in [6, 6.07) is 13.3. The van der Waals surface area contributed by atoms with Crippen molar-refractivity contribution in [1.82, 2.24) is 24.7 Å². The summed E-state index contributed by atoms with van der Waals surface area (Å²) in [4.78, 5) is 27.2. The molecule has 1 amide bonds. The summed E-state index contributed by atoms with van der Waals surface area (Å²) in [7, 11) is 1.82. The second-order valence-electron chi connectivity index (χ2n) is 8.35. The van der Waals surface area contributed by atoms with Gasteiger partial charge in [0, 0.05) is 32.4 Å². The molecular formula is C22H21N7O2. The van der Waals surface area contributed by atoms with E-state index in [4.69, 9.17) is 4.74 Å². The minimum absolute atomic E-state index is 0.249. The molecule has 1 aromatic carbocycles. The van der Waals surface area contributed by atoms with E-state index in [0.717, 1.165) is 48.8 Å². The van der Waals surface area contributed by atoms with Crippen molar-refractivity contribution in [3.8, 4) is 11.5 Å². The molecule has 9 heteroatoms. The van der Waals surface area contributed by atoms with E-state index in [1.165, 1.54) is 0 Å². The number of carbonyl (C=O) groups excluding carboxylic acids is 1. The minimum atomic E-state index is -0.249. The summed E-state index contributed by atoms with van der Waals surface area (Å²) in [5.41, 5.74) is 3.43. The maximum Gasteiger partial charge on any atom is 0.258 e. The molecule has 0 atom stereocenters. The summed E-state index contributed by atoms with van der Waals surface area (Å²) < 4.78 is 7.00. The van der Waals surface area contributed by atoms with Gasteiger partial charge in [0.25, 0.3) is 5.91 Å². The van der Waals surface area contributed by atoms with Gasteiger partial charge in [0.2, 0.25) is 0 Å². The van der Waals surface area contributed by atoms with Gasteiger partial charge < -0.3 is 19.9 Å². The number of amides is 1. The standard InChI is InChI=1S/C22H21N7O2/c1-28-17(20-24-15-4-2-3-5-16(15)25-20)8-18(27-28)26-21(30)14-6-7-19(23-9-14)29-10-22(11-29)12-31-13-22/h2-9H,10-13H2,1H3,(H,24,25)(H,26,27,30). The Morgan fingerprint density at radius 2 is 2.03 bits per heavy atom. The van der Waals surface area contributed by atoms with Crippen LogP contribution in [0.3, 0.4) is 0 Å². The lowest BCUT2D eigenvalue weighted by molar-refractivity contribution is -0.127. The van der Waals surface area contributed by atoms with E-state index in [2.05, 4.69) is 30.3 Å². The Balaban J connectivity index is 1.16. The summed E-state index contributed by atoms with van der Waals surface area (Å²) >= 11 is 0. The van der Waals surface area contributed by atoms with Crippen LogP contribution in [0.25, 0.3) is 22.6 Å². The average molecular weight is 415 g/mol. The van der Waals surface area contributed by atoms with Crippen molar-refractivity contribution in [1.29, 1.82) is 0 Å². The van der Waals surface area contributed by atoms with Crippen LogP contribution >= 0.6 is 0 Å². The molecule has 31 heavy (non-hydrogen) atoms. The Bertz CT molecular complexity index is 1250. The van der Waals surface area contributed by atoms with Crippen molar-refractivity contribution >= 4 is 28.6 Å². The fourth-order valence-corrected chi connectivity index (χ4v) is 4.22. The first-order valence-corrected chi connectivity index (χ1v) is 10.2. The second-order valence-corrected chi connectivity index (χ2v) is 8.35. The Kier molecular flexibility index (Phi) is 3.87. The van der Waals surface area contributed by atoms with Crippen LogP contribution in [0.1, 0.15) is 10.4 Å². The number of aromatic amines is 1. The fraction of sp³-hybridized carbons (Fsp3) is 0.273. The molecule has 2 N–H and O–H groups in total. The SMILES string of the molecule is Cn1nc(NC(=O)c2ccc(N3CC4(COC4)C3)nc2)cc1-c1nc2ccccc2[nH]1. The second kappa shape index (κ2) is 6.64. The molecule has 0 aliphatic carbocycles. The van der Waals surface area contributed by atoms with E-state index in [0.29, 0.717) is 22.6 Å². The number of hydrogen-bond donors (Lipinski definition) is 2. The number of carbonyl (C=O) groups is 1. The third-order valence-electron chi connectivity index (χ3n) is 5.96. The number of nitrogens with zero attached hydrogens (tertiary/aromatic N) is 5. The van der Waals surface area contributed by atoms with E-state index < -0.39 is 0 Å². The predicted molar refractivity (Wildman–Crippen MR) is 116 cm³/mol. The summed E-state index contributed by atoms with van der Waals surface area (Å²) in [5, 5.41) is 7.26. The van der Waals surface area contributed by atoms with E-state index >= 15 is 0 Å². The van der Waals surface area contributed by atoms with Crippen LogP contribution in [-0.2, 0) is 11.8 Å². The number of aryl methyl sites for hydroxylation is 1. The van der Waals surface area contributed by atoms with Crippen LogP contribution in [0.4, 0.5) is 11.6 Å². The number of benzene rings is 1. The van der Waals surface area contributed by atoms with Gasteiger partial charge in [0.15, 0.2) is 11.6 Å². The lowest BCUT2D eigenvalue weighted by atomic mass is 9.78. The summed E-state index contributed by atoms with van der Waals surface area (Å²) in [6.45, 7) is 3.60. The van der Waals surface area contributed by atoms with Crippen molar-refractivity contribution in [3.63, 3.8) is 0 Å². The van der Waals surface area contributed by atoms with Crippen molar-refractivity contribution in [2.24, 2.45) is 12.5 Å². The minimum Gasteiger partial charge on any atom is -0.380 e. The van der Waals surface area contributed by atoms with E-state index in [1.807, 2.05) is 37.4 Å². The van der Waals surface area contributed by atoms with Gasteiger partial charge >= 0.3 is 0 Å². The zero-order valence-corrected chi connectivity index (χ0v) is 17.0. The van der Waals surface area contributed by atoms with Gasteiger partial charge in [-0.25, -0.2) is 9.97 Å². The quantitative estimate of drug-likeness (QED) is 0.531. The number of hydrogen-bond acceptors (Lipinski definition) is 6. The van der Waals surface area contributed by atoms with Crippen molar-refractivity contribution in [3.05, 3.63) is 54.2 Å². The van der Waals surface area contributed by atoms with E-state index in [-0.39, 0.29) is 5.91 Å². The first kappa shape index (κ1) is 18.1. The molecule has 5 heterocycles. The molecular weight excluding hydrogens is 394 g/mol. The Morgan fingerprint density at radius 1 is 1.19 bits per heavy atom. The van der Waals surface area contributed by atoms with Gasteiger partial charge in [-0.15, -0.1) is 0 Å². The van der Waals surface area contributed by atoms with Crippen LogP contribution in [-0.4, -0.2) is 56.9 Å². The van der Waals surface area contributed by atoms with E-state index in [1.54, 1.807) is 23.0 Å². The molecule has 0 radical (unpaired) electrons. The predicted octanol–water partition coefficient (Wildman–Crippen LogP) is 2.45. The number of pyridine rings is 1. The van der Waals surface area contributed by atoms with Crippen LogP contribution in [0.5, 0.6) is 0 Å². The number of para-hydroxylation sites is 2.